The number of amides is 1. The van der Waals surface area contributed by atoms with Crippen LogP contribution in [0.25, 0.3) is 0 Å². The van der Waals surface area contributed by atoms with Crippen molar-refractivity contribution in [2.24, 2.45) is 0 Å². The van der Waals surface area contributed by atoms with Crippen molar-refractivity contribution >= 4 is 23.6 Å². The summed E-state index contributed by atoms with van der Waals surface area (Å²) < 4.78 is 0. The second-order valence-electron chi connectivity index (χ2n) is 4.88. The van der Waals surface area contributed by atoms with Crippen LogP contribution in [0, 0.1) is 0 Å². The van der Waals surface area contributed by atoms with E-state index in [4.69, 9.17) is 5.11 Å². The van der Waals surface area contributed by atoms with Gasteiger partial charge in [-0.1, -0.05) is 12.8 Å². The second-order valence-corrected chi connectivity index (χ2v) is 6.03. The van der Waals surface area contributed by atoms with Crippen LogP contribution in [0.5, 0.6) is 0 Å². The van der Waals surface area contributed by atoms with E-state index in [-0.39, 0.29) is 12.5 Å². The SMILES string of the molecule is O=C(O)C1CSCCN1C(=O)CNC1CCCC1. The number of thioether (sulfide) groups is 1. The average molecular weight is 272 g/mol. The smallest absolute Gasteiger partial charge is 0.327 e. The first-order valence-corrected chi connectivity index (χ1v) is 7.67. The lowest BCUT2D eigenvalue weighted by Gasteiger charge is -2.33. The molecule has 2 N–H and O–H groups in total. The molecule has 5 nitrogen and oxygen atoms in total. The average Bonchev–Trinajstić information content (AvgIpc) is 2.89. The van der Waals surface area contributed by atoms with E-state index >= 15 is 0 Å². The molecule has 0 aromatic rings. The van der Waals surface area contributed by atoms with E-state index in [9.17, 15) is 9.59 Å². The summed E-state index contributed by atoms with van der Waals surface area (Å²) in [4.78, 5) is 24.7. The van der Waals surface area contributed by atoms with E-state index in [1.807, 2.05) is 0 Å². The van der Waals surface area contributed by atoms with Crippen LogP contribution in [0.1, 0.15) is 25.7 Å². The number of rotatable bonds is 4. The van der Waals surface area contributed by atoms with E-state index in [2.05, 4.69) is 5.32 Å². The Hall–Kier alpha value is -0.750. The van der Waals surface area contributed by atoms with Crippen molar-refractivity contribution in [1.29, 1.82) is 0 Å². The van der Waals surface area contributed by atoms with Crippen molar-refractivity contribution in [2.75, 3.05) is 24.6 Å². The topological polar surface area (TPSA) is 69.6 Å². The van der Waals surface area contributed by atoms with Crippen LogP contribution in [-0.2, 0) is 9.59 Å². The summed E-state index contributed by atoms with van der Waals surface area (Å²) in [7, 11) is 0. The lowest BCUT2D eigenvalue weighted by molar-refractivity contribution is -0.148. The number of carbonyl (C=O) groups excluding carboxylic acids is 1. The summed E-state index contributed by atoms with van der Waals surface area (Å²) in [6, 6.07) is -0.210. The number of nitrogens with zero attached hydrogens (tertiary/aromatic N) is 1. The Morgan fingerprint density at radius 3 is 2.72 bits per heavy atom. The van der Waals surface area contributed by atoms with Crippen LogP contribution < -0.4 is 5.32 Å². The Labute approximate surface area is 111 Å². The molecule has 0 radical (unpaired) electrons. The molecule has 2 aliphatic rings. The highest BCUT2D eigenvalue weighted by Crippen LogP contribution is 2.19. The van der Waals surface area contributed by atoms with Gasteiger partial charge in [0.2, 0.25) is 5.91 Å². The van der Waals surface area contributed by atoms with E-state index in [1.165, 1.54) is 17.7 Å². The Morgan fingerprint density at radius 1 is 1.33 bits per heavy atom. The zero-order valence-electron chi connectivity index (χ0n) is 10.4. The van der Waals surface area contributed by atoms with Gasteiger partial charge in [0.15, 0.2) is 0 Å². The molecule has 0 aromatic carbocycles. The minimum absolute atomic E-state index is 0.0744. The Balaban J connectivity index is 1.83. The molecule has 2 fully saturated rings. The fourth-order valence-corrected chi connectivity index (χ4v) is 3.61. The fourth-order valence-electron chi connectivity index (χ4n) is 2.57. The van der Waals surface area contributed by atoms with Gasteiger partial charge in [-0.3, -0.25) is 4.79 Å². The summed E-state index contributed by atoms with van der Waals surface area (Å²) >= 11 is 1.60. The largest absolute Gasteiger partial charge is 0.480 e. The van der Waals surface area contributed by atoms with E-state index in [0.717, 1.165) is 18.6 Å². The van der Waals surface area contributed by atoms with Crippen molar-refractivity contribution in [3.8, 4) is 0 Å². The Kier molecular flexibility index (Phi) is 4.88. The van der Waals surface area contributed by atoms with Crippen LogP contribution in [0.15, 0.2) is 0 Å². The van der Waals surface area contributed by atoms with Gasteiger partial charge < -0.3 is 15.3 Å². The Morgan fingerprint density at radius 2 is 2.06 bits per heavy atom. The second kappa shape index (κ2) is 6.43. The molecule has 1 atom stereocenters. The third-order valence-electron chi connectivity index (χ3n) is 3.63. The van der Waals surface area contributed by atoms with E-state index in [0.29, 0.717) is 18.3 Å². The molecule has 0 spiro atoms. The zero-order valence-corrected chi connectivity index (χ0v) is 11.2. The quantitative estimate of drug-likeness (QED) is 0.782. The van der Waals surface area contributed by atoms with Gasteiger partial charge in [-0.05, 0) is 12.8 Å². The lowest BCUT2D eigenvalue weighted by atomic mass is 10.2. The third-order valence-corrected chi connectivity index (χ3v) is 4.65. The zero-order chi connectivity index (χ0) is 13.0. The number of hydrogen-bond acceptors (Lipinski definition) is 4. The number of nitrogens with one attached hydrogen (secondary N) is 1. The van der Waals surface area contributed by atoms with Gasteiger partial charge in [0, 0.05) is 24.1 Å². The molecule has 1 heterocycles. The molecular weight excluding hydrogens is 252 g/mol. The molecule has 6 heteroatoms. The standard InChI is InChI=1S/C12H20N2O3S/c15-11(7-13-9-3-1-2-4-9)14-5-6-18-8-10(14)12(16)17/h9-10,13H,1-8H2,(H,16,17). The monoisotopic (exact) mass is 272 g/mol. The molecule has 102 valence electrons. The normalized spacial score (nSPS) is 25.3. The summed E-state index contributed by atoms with van der Waals surface area (Å²) in [5, 5.41) is 12.4. The van der Waals surface area contributed by atoms with Crippen molar-refractivity contribution in [2.45, 2.75) is 37.8 Å². The minimum Gasteiger partial charge on any atom is -0.480 e. The highest BCUT2D eigenvalue weighted by atomic mass is 32.2. The molecule has 0 aromatic heterocycles. The number of carbonyl (C=O) groups is 2. The van der Waals surface area contributed by atoms with Crippen molar-refractivity contribution in [3.05, 3.63) is 0 Å². The number of aliphatic carboxylic acids is 1. The molecule has 1 saturated carbocycles. The van der Waals surface area contributed by atoms with Crippen molar-refractivity contribution < 1.29 is 14.7 Å². The molecule has 0 bridgehead atoms. The molecule has 2 rings (SSSR count). The summed E-state index contributed by atoms with van der Waals surface area (Å²) in [5.74, 6) is 0.370. The maximum absolute atomic E-state index is 12.1. The first-order chi connectivity index (χ1) is 8.68. The molecule has 1 aliphatic heterocycles. The third kappa shape index (κ3) is 3.38. The first-order valence-electron chi connectivity index (χ1n) is 6.52. The van der Waals surface area contributed by atoms with Gasteiger partial charge >= 0.3 is 5.97 Å². The van der Waals surface area contributed by atoms with Gasteiger partial charge in [0.05, 0.1) is 6.54 Å². The van der Waals surface area contributed by atoms with Crippen molar-refractivity contribution in [3.63, 3.8) is 0 Å². The van der Waals surface area contributed by atoms with Crippen LogP contribution in [0.2, 0.25) is 0 Å². The number of hydrogen-bond donors (Lipinski definition) is 2. The van der Waals surface area contributed by atoms with E-state index in [1.54, 1.807) is 11.8 Å². The molecule has 1 amide bonds. The van der Waals surface area contributed by atoms with E-state index < -0.39 is 12.0 Å². The highest BCUT2D eigenvalue weighted by molar-refractivity contribution is 7.99. The molecule has 1 aliphatic carbocycles. The van der Waals surface area contributed by atoms with Crippen molar-refractivity contribution in [1.82, 2.24) is 10.2 Å². The predicted octanol–water partition coefficient (Wildman–Crippen LogP) is 0.547. The summed E-state index contributed by atoms with van der Waals surface area (Å²) in [6.45, 7) is 0.825. The Bertz CT molecular complexity index is 318. The minimum atomic E-state index is -0.892. The number of carboxylic acid groups (broad SMARTS) is 1. The molecule has 1 saturated heterocycles. The van der Waals surface area contributed by atoms with Gasteiger partial charge in [-0.2, -0.15) is 11.8 Å². The fraction of sp³-hybridized carbons (Fsp3) is 0.833. The highest BCUT2D eigenvalue weighted by Gasteiger charge is 2.32. The van der Waals surface area contributed by atoms with Crippen LogP contribution in [0.3, 0.4) is 0 Å². The summed E-state index contributed by atoms with van der Waals surface area (Å²) in [5.41, 5.74) is 0. The van der Waals surface area contributed by atoms with Gasteiger partial charge in [0.25, 0.3) is 0 Å². The maximum Gasteiger partial charge on any atom is 0.327 e. The van der Waals surface area contributed by atoms with Crippen LogP contribution >= 0.6 is 11.8 Å². The lowest BCUT2D eigenvalue weighted by Crippen LogP contribution is -2.53. The molecular formula is C12H20N2O3S. The number of carboxylic acids is 1. The van der Waals surface area contributed by atoms with Crippen LogP contribution in [0.4, 0.5) is 0 Å². The van der Waals surface area contributed by atoms with Gasteiger partial charge in [0.1, 0.15) is 6.04 Å². The molecule has 18 heavy (non-hydrogen) atoms. The summed E-state index contributed by atoms with van der Waals surface area (Å²) in [6.07, 6.45) is 4.71. The molecule has 1 unspecified atom stereocenters. The van der Waals surface area contributed by atoms with Gasteiger partial charge in [-0.25, -0.2) is 4.79 Å². The van der Waals surface area contributed by atoms with Gasteiger partial charge in [-0.15, -0.1) is 0 Å². The first kappa shape index (κ1) is 13.7. The van der Waals surface area contributed by atoms with Crippen LogP contribution in [-0.4, -0.2) is 58.6 Å². The maximum atomic E-state index is 12.1. The predicted molar refractivity (Wildman–Crippen MR) is 70.7 cm³/mol.